The molecule has 1 aromatic rings. The number of nitrogens with two attached hydrogens (primary N) is 1. The van der Waals surface area contributed by atoms with Gasteiger partial charge in [0, 0.05) is 25.8 Å². The number of aliphatic hydroxyl groups excluding tert-OH is 1. The highest BCUT2D eigenvalue weighted by Crippen LogP contribution is 2.19. The smallest absolute Gasteiger partial charge is 0.123 e. The monoisotopic (exact) mass is 198 g/mol. The Hall–Kier alpha value is -1.13. The van der Waals surface area contributed by atoms with Crippen LogP contribution in [0.25, 0.3) is 0 Å². The first-order chi connectivity index (χ1) is 6.69. The number of anilines is 1. The molecule has 0 aromatic heterocycles. The molecule has 0 atom stereocenters. The maximum Gasteiger partial charge on any atom is 0.123 e. The molecule has 0 aliphatic carbocycles. The van der Waals surface area contributed by atoms with E-state index in [1.54, 1.807) is 6.07 Å². The summed E-state index contributed by atoms with van der Waals surface area (Å²) in [5.41, 5.74) is 7.11. The van der Waals surface area contributed by atoms with E-state index >= 15 is 0 Å². The van der Waals surface area contributed by atoms with Gasteiger partial charge in [-0.25, -0.2) is 4.39 Å². The van der Waals surface area contributed by atoms with E-state index in [0.717, 1.165) is 11.3 Å². The second-order valence-electron chi connectivity index (χ2n) is 3.12. The van der Waals surface area contributed by atoms with Gasteiger partial charge in [0.1, 0.15) is 5.82 Å². The van der Waals surface area contributed by atoms with Crippen molar-refractivity contribution in [2.75, 3.05) is 25.1 Å². The Morgan fingerprint density at radius 2 is 2.21 bits per heavy atom. The number of rotatable bonds is 4. The van der Waals surface area contributed by atoms with E-state index in [2.05, 4.69) is 0 Å². The van der Waals surface area contributed by atoms with Crippen molar-refractivity contribution in [1.29, 1.82) is 0 Å². The zero-order valence-corrected chi connectivity index (χ0v) is 8.20. The van der Waals surface area contributed by atoms with Crippen LogP contribution in [0.5, 0.6) is 0 Å². The van der Waals surface area contributed by atoms with Crippen LogP contribution >= 0.6 is 0 Å². The third-order valence-corrected chi connectivity index (χ3v) is 2.11. The molecule has 0 amide bonds. The largest absolute Gasteiger partial charge is 0.395 e. The second-order valence-corrected chi connectivity index (χ2v) is 3.12. The highest BCUT2D eigenvalue weighted by Gasteiger charge is 2.06. The average molecular weight is 198 g/mol. The SMILES string of the molecule is CN(CCO)c1ccc(F)cc1CN. The minimum atomic E-state index is -0.286. The predicted molar refractivity (Wildman–Crippen MR) is 54.6 cm³/mol. The van der Waals surface area contributed by atoms with Gasteiger partial charge < -0.3 is 15.7 Å². The summed E-state index contributed by atoms with van der Waals surface area (Å²) in [5, 5.41) is 8.77. The molecule has 0 aliphatic heterocycles. The number of hydrogen-bond donors (Lipinski definition) is 2. The molecule has 14 heavy (non-hydrogen) atoms. The first kappa shape index (κ1) is 10.9. The van der Waals surface area contributed by atoms with Crippen molar-refractivity contribution in [3.8, 4) is 0 Å². The lowest BCUT2D eigenvalue weighted by Crippen LogP contribution is -2.23. The van der Waals surface area contributed by atoms with E-state index in [9.17, 15) is 4.39 Å². The Labute approximate surface area is 83.0 Å². The Morgan fingerprint density at radius 1 is 1.50 bits per heavy atom. The minimum Gasteiger partial charge on any atom is -0.395 e. The zero-order valence-electron chi connectivity index (χ0n) is 8.20. The van der Waals surface area contributed by atoms with Crippen molar-refractivity contribution < 1.29 is 9.50 Å². The van der Waals surface area contributed by atoms with Gasteiger partial charge in [-0.05, 0) is 23.8 Å². The summed E-state index contributed by atoms with van der Waals surface area (Å²) in [6.07, 6.45) is 0. The number of hydrogen-bond acceptors (Lipinski definition) is 3. The van der Waals surface area contributed by atoms with Gasteiger partial charge in [0.2, 0.25) is 0 Å². The summed E-state index contributed by atoms with van der Waals surface area (Å²) in [6, 6.07) is 4.48. The van der Waals surface area contributed by atoms with Crippen LogP contribution in [0.15, 0.2) is 18.2 Å². The van der Waals surface area contributed by atoms with Gasteiger partial charge in [-0.1, -0.05) is 0 Å². The van der Waals surface area contributed by atoms with Crippen molar-refractivity contribution >= 4 is 5.69 Å². The summed E-state index contributed by atoms with van der Waals surface area (Å²) in [6.45, 7) is 0.874. The first-order valence-electron chi connectivity index (χ1n) is 4.49. The van der Waals surface area contributed by atoms with Crippen molar-refractivity contribution in [1.82, 2.24) is 0 Å². The van der Waals surface area contributed by atoms with Gasteiger partial charge in [0.15, 0.2) is 0 Å². The summed E-state index contributed by atoms with van der Waals surface area (Å²) < 4.78 is 12.9. The van der Waals surface area contributed by atoms with Crippen molar-refractivity contribution in [2.24, 2.45) is 5.73 Å². The number of nitrogens with zero attached hydrogens (tertiary/aromatic N) is 1. The molecule has 0 aliphatic rings. The van der Waals surface area contributed by atoms with Gasteiger partial charge in [0.05, 0.1) is 6.61 Å². The number of aliphatic hydroxyl groups is 1. The highest BCUT2D eigenvalue weighted by molar-refractivity contribution is 5.53. The zero-order chi connectivity index (χ0) is 10.6. The van der Waals surface area contributed by atoms with Crippen LogP contribution in [0.2, 0.25) is 0 Å². The fourth-order valence-electron chi connectivity index (χ4n) is 1.36. The maximum absolute atomic E-state index is 12.9. The number of halogens is 1. The van der Waals surface area contributed by atoms with Gasteiger partial charge in [-0.15, -0.1) is 0 Å². The molecular weight excluding hydrogens is 183 g/mol. The van der Waals surface area contributed by atoms with Crippen LogP contribution in [-0.2, 0) is 6.54 Å². The van der Waals surface area contributed by atoms with Crippen LogP contribution < -0.4 is 10.6 Å². The fraction of sp³-hybridized carbons (Fsp3) is 0.400. The van der Waals surface area contributed by atoms with Crippen LogP contribution in [0.4, 0.5) is 10.1 Å². The third kappa shape index (κ3) is 2.43. The summed E-state index contributed by atoms with van der Waals surface area (Å²) in [5.74, 6) is -0.286. The Balaban J connectivity index is 2.95. The molecular formula is C10H15FN2O. The van der Waals surface area contributed by atoms with Gasteiger partial charge in [-0.3, -0.25) is 0 Å². The molecule has 3 nitrogen and oxygen atoms in total. The molecule has 0 heterocycles. The molecule has 78 valence electrons. The lowest BCUT2D eigenvalue weighted by molar-refractivity contribution is 0.304. The van der Waals surface area contributed by atoms with Crippen LogP contribution in [0, 0.1) is 5.82 Å². The van der Waals surface area contributed by atoms with E-state index in [0.29, 0.717) is 13.1 Å². The molecule has 0 bridgehead atoms. The molecule has 0 spiro atoms. The van der Waals surface area contributed by atoms with E-state index < -0.39 is 0 Å². The fourth-order valence-corrected chi connectivity index (χ4v) is 1.36. The maximum atomic E-state index is 12.9. The van der Waals surface area contributed by atoms with Crippen LogP contribution in [0.3, 0.4) is 0 Å². The lowest BCUT2D eigenvalue weighted by Gasteiger charge is -2.20. The minimum absolute atomic E-state index is 0.0673. The summed E-state index contributed by atoms with van der Waals surface area (Å²) >= 11 is 0. The highest BCUT2D eigenvalue weighted by atomic mass is 19.1. The van der Waals surface area contributed by atoms with Crippen LogP contribution in [0.1, 0.15) is 5.56 Å². The first-order valence-corrected chi connectivity index (χ1v) is 4.49. The quantitative estimate of drug-likeness (QED) is 0.749. The Morgan fingerprint density at radius 3 is 2.79 bits per heavy atom. The van der Waals surface area contributed by atoms with Gasteiger partial charge in [-0.2, -0.15) is 0 Å². The summed E-state index contributed by atoms with van der Waals surface area (Å²) in [4.78, 5) is 1.85. The Kier molecular flexibility index (Phi) is 3.85. The van der Waals surface area contributed by atoms with Gasteiger partial charge >= 0.3 is 0 Å². The molecule has 0 saturated heterocycles. The van der Waals surface area contributed by atoms with Crippen LogP contribution in [-0.4, -0.2) is 25.3 Å². The average Bonchev–Trinajstić information content (AvgIpc) is 2.17. The van der Waals surface area contributed by atoms with E-state index in [-0.39, 0.29) is 12.4 Å². The van der Waals surface area contributed by atoms with E-state index in [1.807, 2.05) is 11.9 Å². The molecule has 0 saturated carbocycles. The third-order valence-electron chi connectivity index (χ3n) is 2.11. The van der Waals surface area contributed by atoms with Crippen molar-refractivity contribution in [3.63, 3.8) is 0 Å². The summed E-state index contributed by atoms with van der Waals surface area (Å²) in [7, 11) is 1.84. The molecule has 0 fully saturated rings. The number of likely N-dealkylation sites (N-methyl/N-ethyl adjacent to an activating group) is 1. The van der Waals surface area contributed by atoms with Crippen molar-refractivity contribution in [3.05, 3.63) is 29.6 Å². The van der Waals surface area contributed by atoms with E-state index in [4.69, 9.17) is 10.8 Å². The van der Waals surface area contributed by atoms with Crippen molar-refractivity contribution in [2.45, 2.75) is 6.54 Å². The molecule has 0 unspecified atom stereocenters. The Bertz CT molecular complexity index is 304. The number of benzene rings is 1. The predicted octanol–water partition coefficient (Wildman–Crippen LogP) is 0.713. The molecule has 1 aromatic carbocycles. The lowest BCUT2D eigenvalue weighted by atomic mass is 10.1. The van der Waals surface area contributed by atoms with Gasteiger partial charge in [0.25, 0.3) is 0 Å². The van der Waals surface area contributed by atoms with E-state index in [1.165, 1.54) is 12.1 Å². The second kappa shape index (κ2) is 4.93. The normalized spacial score (nSPS) is 10.3. The molecule has 3 N–H and O–H groups in total. The standard InChI is InChI=1S/C10H15FN2O/c1-13(4-5-14)10-3-2-9(11)6-8(10)7-12/h2-3,6,14H,4-5,7,12H2,1H3. The topological polar surface area (TPSA) is 49.5 Å². The molecule has 1 rings (SSSR count). The molecule has 4 heteroatoms. The molecule has 0 radical (unpaired) electrons.